The Morgan fingerprint density at radius 3 is 2.48 bits per heavy atom. The van der Waals surface area contributed by atoms with Crippen LogP contribution in [0.2, 0.25) is 10.0 Å². The summed E-state index contributed by atoms with van der Waals surface area (Å²) in [5.74, 6) is -0.550. The van der Waals surface area contributed by atoms with Crippen LogP contribution in [0.25, 0.3) is 0 Å². The molecule has 11 heteroatoms. The van der Waals surface area contributed by atoms with Crippen LogP contribution in [0.1, 0.15) is 16.8 Å². The van der Waals surface area contributed by atoms with E-state index in [2.05, 4.69) is 5.32 Å². The van der Waals surface area contributed by atoms with Crippen molar-refractivity contribution in [3.63, 3.8) is 0 Å². The zero-order valence-corrected chi connectivity index (χ0v) is 16.0. The molecule has 0 saturated carbocycles. The van der Waals surface area contributed by atoms with E-state index in [1.54, 1.807) is 0 Å². The van der Waals surface area contributed by atoms with Crippen LogP contribution in [0, 0.1) is 10.1 Å². The van der Waals surface area contributed by atoms with Gasteiger partial charge in [0.25, 0.3) is 11.6 Å². The van der Waals surface area contributed by atoms with Crippen molar-refractivity contribution in [1.29, 1.82) is 0 Å². The number of non-ortho nitro benzene ring substituents is 1. The third-order valence-electron chi connectivity index (χ3n) is 3.98. The van der Waals surface area contributed by atoms with Gasteiger partial charge in [-0.15, -0.1) is 0 Å². The first kappa shape index (κ1) is 19.4. The van der Waals surface area contributed by atoms with Gasteiger partial charge in [-0.3, -0.25) is 19.2 Å². The molecule has 0 aliphatic carbocycles. The average Bonchev–Trinajstić information content (AvgIpc) is 2.95. The molecule has 0 spiro atoms. The molecular formula is C16H13Cl2N3O5S. The molecule has 0 unspecified atom stereocenters. The van der Waals surface area contributed by atoms with Crippen molar-refractivity contribution in [3.05, 3.63) is 62.1 Å². The van der Waals surface area contributed by atoms with Crippen molar-refractivity contribution >= 4 is 56.2 Å². The third-order valence-corrected chi connectivity index (χ3v) is 6.47. The first-order chi connectivity index (χ1) is 12.7. The highest BCUT2D eigenvalue weighted by atomic mass is 35.5. The first-order valence-corrected chi connectivity index (χ1v) is 10.1. The molecule has 1 saturated heterocycles. The number of hydrogen-bond donors (Lipinski definition) is 1. The number of carbonyl (C=O) groups is 1. The van der Waals surface area contributed by atoms with Gasteiger partial charge >= 0.3 is 0 Å². The fraction of sp³-hybridized carbons (Fsp3) is 0.188. The minimum absolute atomic E-state index is 0.0400. The molecule has 1 N–H and O–H groups in total. The maximum Gasteiger partial charge on any atom is 0.270 e. The van der Waals surface area contributed by atoms with E-state index in [4.69, 9.17) is 23.2 Å². The second kappa shape index (κ2) is 7.34. The number of nitrogens with zero attached hydrogens (tertiary/aromatic N) is 2. The number of amides is 1. The maximum atomic E-state index is 12.4. The highest BCUT2D eigenvalue weighted by molar-refractivity contribution is 7.93. The van der Waals surface area contributed by atoms with Crippen LogP contribution in [0.15, 0.2) is 36.4 Å². The zero-order valence-electron chi connectivity index (χ0n) is 13.7. The fourth-order valence-electron chi connectivity index (χ4n) is 2.69. The molecule has 3 rings (SSSR count). The molecule has 1 heterocycles. The Balaban J connectivity index is 1.87. The lowest BCUT2D eigenvalue weighted by atomic mass is 10.2. The number of benzene rings is 2. The van der Waals surface area contributed by atoms with Crippen molar-refractivity contribution in [2.24, 2.45) is 0 Å². The van der Waals surface area contributed by atoms with Gasteiger partial charge < -0.3 is 5.32 Å². The summed E-state index contributed by atoms with van der Waals surface area (Å²) in [4.78, 5) is 22.6. The highest BCUT2D eigenvalue weighted by Crippen LogP contribution is 2.34. The van der Waals surface area contributed by atoms with E-state index >= 15 is 0 Å². The number of nitro benzene ring substituents is 1. The van der Waals surface area contributed by atoms with Crippen molar-refractivity contribution < 1.29 is 18.1 Å². The molecule has 1 aliphatic heterocycles. The number of nitrogens with one attached hydrogen (secondary N) is 1. The van der Waals surface area contributed by atoms with Gasteiger partial charge in [0, 0.05) is 24.4 Å². The second-order valence-electron chi connectivity index (χ2n) is 5.78. The van der Waals surface area contributed by atoms with Crippen LogP contribution in [0.5, 0.6) is 0 Å². The Bertz CT molecular complexity index is 1040. The molecule has 0 atom stereocenters. The molecule has 0 bridgehead atoms. The highest BCUT2D eigenvalue weighted by Gasteiger charge is 2.30. The fourth-order valence-corrected chi connectivity index (χ4v) is 4.79. The molecule has 0 aromatic heterocycles. The van der Waals surface area contributed by atoms with Crippen molar-refractivity contribution in [1.82, 2.24) is 0 Å². The molecule has 1 aliphatic rings. The van der Waals surface area contributed by atoms with E-state index in [9.17, 15) is 23.3 Å². The van der Waals surface area contributed by atoms with E-state index in [-0.39, 0.29) is 32.7 Å². The topological polar surface area (TPSA) is 110 Å². The summed E-state index contributed by atoms with van der Waals surface area (Å²) in [5.41, 5.74) is 0.412. The Kier molecular flexibility index (Phi) is 5.27. The predicted molar refractivity (Wildman–Crippen MR) is 103 cm³/mol. The molecule has 1 amide bonds. The second-order valence-corrected chi connectivity index (χ2v) is 8.61. The van der Waals surface area contributed by atoms with Crippen LogP contribution in [0.3, 0.4) is 0 Å². The number of rotatable bonds is 4. The number of anilines is 2. The summed E-state index contributed by atoms with van der Waals surface area (Å²) in [7, 11) is -3.43. The molecule has 142 valence electrons. The Labute approximate surface area is 164 Å². The largest absolute Gasteiger partial charge is 0.322 e. The van der Waals surface area contributed by atoms with E-state index < -0.39 is 20.9 Å². The van der Waals surface area contributed by atoms with Gasteiger partial charge in [0.05, 0.1) is 32.0 Å². The van der Waals surface area contributed by atoms with E-state index in [0.717, 1.165) is 6.07 Å². The first-order valence-electron chi connectivity index (χ1n) is 7.74. The summed E-state index contributed by atoms with van der Waals surface area (Å²) in [6, 6.07) is 7.97. The van der Waals surface area contributed by atoms with Crippen molar-refractivity contribution in [2.45, 2.75) is 6.42 Å². The van der Waals surface area contributed by atoms with E-state index in [1.807, 2.05) is 0 Å². The zero-order chi connectivity index (χ0) is 19.8. The number of hydrogen-bond acceptors (Lipinski definition) is 5. The number of carbonyl (C=O) groups excluding carboxylic acids is 1. The van der Waals surface area contributed by atoms with Gasteiger partial charge in [-0.05, 0) is 30.7 Å². The van der Waals surface area contributed by atoms with Crippen LogP contribution < -0.4 is 9.62 Å². The quantitative estimate of drug-likeness (QED) is 0.588. The Morgan fingerprint density at radius 1 is 1.15 bits per heavy atom. The number of nitro groups is 1. The normalized spacial score (nSPS) is 15.6. The molecule has 2 aromatic carbocycles. The monoisotopic (exact) mass is 429 g/mol. The lowest BCUT2D eigenvalue weighted by Crippen LogP contribution is -2.25. The predicted octanol–water partition coefficient (Wildman–Crippen LogP) is 3.69. The van der Waals surface area contributed by atoms with Crippen molar-refractivity contribution in [3.8, 4) is 0 Å². The lowest BCUT2D eigenvalue weighted by molar-refractivity contribution is -0.384. The Morgan fingerprint density at radius 2 is 1.89 bits per heavy atom. The van der Waals surface area contributed by atoms with E-state index in [1.165, 1.54) is 34.6 Å². The maximum absolute atomic E-state index is 12.4. The van der Waals surface area contributed by atoms with Gasteiger partial charge in [0.15, 0.2) is 0 Å². The van der Waals surface area contributed by atoms with Crippen LogP contribution >= 0.6 is 23.2 Å². The molecule has 27 heavy (non-hydrogen) atoms. The molecule has 8 nitrogen and oxygen atoms in total. The lowest BCUT2D eigenvalue weighted by Gasteiger charge is -2.19. The molecular weight excluding hydrogens is 417 g/mol. The smallest absolute Gasteiger partial charge is 0.270 e. The Hall–Kier alpha value is -2.36. The third kappa shape index (κ3) is 4.00. The molecule has 2 aromatic rings. The van der Waals surface area contributed by atoms with Crippen LogP contribution in [0.4, 0.5) is 17.1 Å². The summed E-state index contributed by atoms with van der Waals surface area (Å²) in [6.45, 7) is 0.313. The molecule has 0 radical (unpaired) electrons. The number of halogens is 2. The van der Waals surface area contributed by atoms with E-state index in [0.29, 0.717) is 18.7 Å². The van der Waals surface area contributed by atoms with Crippen LogP contribution in [-0.4, -0.2) is 31.5 Å². The van der Waals surface area contributed by atoms with Gasteiger partial charge in [-0.25, -0.2) is 8.42 Å². The molecule has 1 fully saturated rings. The van der Waals surface area contributed by atoms with Gasteiger partial charge in [0.1, 0.15) is 0 Å². The van der Waals surface area contributed by atoms with Crippen LogP contribution in [-0.2, 0) is 10.0 Å². The minimum Gasteiger partial charge on any atom is -0.322 e. The van der Waals surface area contributed by atoms with Gasteiger partial charge in [-0.2, -0.15) is 0 Å². The number of sulfonamides is 1. The van der Waals surface area contributed by atoms with Gasteiger partial charge in [0.2, 0.25) is 10.0 Å². The average molecular weight is 430 g/mol. The standard InChI is InChI=1S/C16H13Cl2N3O5S/c17-13-5-2-10(8-15(13)20-6-1-7-27(20,25)26)19-16(22)12-4-3-11(21(23)24)9-14(12)18/h2-5,8-9H,1,6-7H2,(H,19,22). The summed E-state index contributed by atoms with van der Waals surface area (Å²) < 4.78 is 25.4. The minimum atomic E-state index is -3.43. The summed E-state index contributed by atoms with van der Waals surface area (Å²) >= 11 is 12.1. The SMILES string of the molecule is O=C(Nc1ccc(Cl)c(N2CCCS2(=O)=O)c1)c1ccc([N+](=O)[O-])cc1Cl. The summed E-state index contributed by atoms with van der Waals surface area (Å²) in [6.07, 6.45) is 0.494. The van der Waals surface area contributed by atoms with Crippen molar-refractivity contribution in [2.75, 3.05) is 21.9 Å². The summed E-state index contributed by atoms with van der Waals surface area (Å²) in [5, 5.41) is 13.5. The van der Waals surface area contributed by atoms with Gasteiger partial charge in [-0.1, -0.05) is 23.2 Å².